The number of carboxylic acids is 1. The Kier molecular flexibility index (Phi) is 3.05. The van der Waals surface area contributed by atoms with Gasteiger partial charge in [-0.25, -0.2) is 0 Å². The molecule has 114 valence electrons. The Morgan fingerprint density at radius 2 is 1.82 bits per heavy atom. The Morgan fingerprint density at radius 1 is 1.14 bits per heavy atom. The molecule has 6 atom stereocenters. The first kappa shape index (κ1) is 13.8. The highest BCUT2D eigenvalue weighted by Gasteiger charge is 2.62. The first-order valence-electron chi connectivity index (χ1n) is 7.54. The molecule has 4 aliphatic carbocycles. The number of anilines is 1. The van der Waals surface area contributed by atoms with Crippen LogP contribution in [0.15, 0.2) is 36.4 Å². The standard InChI is InChI=1S/C17H16ClNO3/c18-8-2-1-3-9(6-8)19-16(20)14-10-4-5-11(13-7-12(10)13)15(14)17(21)22/h1-6,10-15H,7H2,(H,19,20)(H,21,22)/t10-,11+,12+,13+,14+,15-/m0/s1. The van der Waals surface area contributed by atoms with Crippen LogP contribution in [0.1, 0.15) is 6.42 Å². The van der Waals surface area contributed by atoms with Crippen LogP contribution in [0.2, 0.25) is 5.02 Å². The Morgan fingerprint density at radius 3 is 2.45 bits per heavy atom. The Hall–Kier alpha value is -1.81. The summed E-state index contributed by atoms with van der Waals surface area (Å²) in [6, 6.07) is 6.93. The van der Waals surface area contributed by atoms with Gasteiger partial charge >= 0.3 is 5.97 Å². The van der Waals surface area contributed by atoms with Crippen LogP contribution in [0.4, 0.5) is 5.69 Å². The number of benzene rings is 1. The molecule has 0 radical (unpaired) electrons. The third-order valence-electron chi connectivity index (χ3n) is 5.33. The number of fused-ring (bicyclic) bond motifs is 1. The van der Waals surface area contributed by atoms with Crippen molar-refractivity contribution in [1.82, 2.24) is 0 Å². The number of carboxylic acid groups (broad SMARTS) is 1. The summed E-state index contributed by atoms with van der Waals surface area (Å²) < 4.78 is 0. The van der Waals surface area contributed by atoms with E-state index in [1.54, 1.807) is 24.3 Å². The number of carbonyl (C=O) groups is 2. The number of halogens is 1. The van der Waals surface area contributed by atoms with Gasteiger partial charge in [-0.3, -0.25) is 9.59 Å². The van der Waals surface area contributed by atoms with Crippen molar-refractivity contribution < 1.29 is 14.7 Å². The van der Waals surface area contributed by atoms with Crippen LogP contribution in [0.3, 0.4) is 0 Å². The zero-order valence-corrected chi connectivity index (χ0v) is 12.5. The van der Waals surface area contributed by atoms with Gasteiger partial charge in [-0.15, -0.1) is 0 Å². The summed E-state index contributed by atoms with van der Waals surface area (Å²) in [4.78, 5) is 24.4. The van der Waals surface area contributed by atoms with Crippen molar-refractivity contribution in [3.8, 4) is 0 Å². The molecule has 0 aliphatic heterocycles. The minimum atomic E-state index is -0.865. The first-order valence-corrected chi connectivity index (χ1v) is 7.91. The van der Waals surface area contributed by atoms with E-state index in [-0.39, 0.29) is 17.7 Å². The predicted octanol–water partition coefficient (Wildman–Crippen LogP) is 3.05. The number of allylic oxidation sites excluding steroid dienone is 2. The number of amides is 1. The van der Waals surface area contributed by atoms with Crippen LogP contribution in [0.5, 0.6) is 0 Å². The van der Waals surface area contributed by atoms with Crippen molar-refractivity contribution in [3.05, 3.63) is 41.4 Å². The van der Waals surface area contributed by atoms with E-state index in [1.165, 1.54) is 0 Å². The minimum Gasteiger partial charge on any atom is -0.481 e. The molecule has 5 rings (SSSR count). The number of hydrogen-bond donors (Lipinski definition) is 2. The minimum absolute atomic E-state index is 0.00242. The zero-order valence-electron chi connectivity index (χ0n) is 11.8. The van der Waals surface area contributed by atoms with E-state index in [0.717, 1.165) is 6.42 Å². The third-order valence-corrected chi connectivity index (χ3v) is 5.57. The second-order valence-corrected chi connectivity index (χ2v) is 6.93. The van der Waals surface area contributed by atoms with Gasteiger partial charge in [0, 0.05) is 10.7 Å². The molecule has 1 aromatic carbocycles. The summed E-state index contributed by atoms with van der Waals surface area (Å²) in [5.41, 5.74) is 0.611. The second kappa shape index (κ2) is 4.85. The smallest absolute Gasteiger partial charge is 0.307 e. The van der Waals surface area contributed by atoms with Gasteiger partial charge in [0.1, 0.15) is 0 Å². The van der Waals surface area contributed by atoms with Crippen molar-refractivity contribution in [2.45, 2.75) is 6.42 Å². The number of hydrogen-bond acceptors (Lipinski definition) is 2. The molecule has 2 fully saturated rings. The van der Waals surface area contributed by atoms with Crippen LogP contribution in [-0.4, -0.2) is 17.0 Å². The second-order valence-electron chi connectivity index (χ2n) is 6.49. The van der Waals surface area contributed by atoms with E-state index in [0.29, 0.717) is 22.5 Å². The molecule has 1 amide bonds. The lowest BCUT2D eigenvalue weighted by Gasteiger charge is -2.41. The van der Waals surface area contributed by atoms with Crippen molar-refractivity contribution in [1.29, 1.82) is 0 Å². The van der Waals surface area contributed by atoms with E-state index in [2.05, 4.69) is 11.4 Å². The monoisotopic (exact) mass is 317 g/mol. The Labute approximate surface area is 133 Å². The molecular formula is C17H16ClNO3. The van der Waals surface area contributed by atoms with Gasteiger partial charge in [0.25, 0.3) is 0 Å². The van der Waals surface area contributed by atoms with Crippen molar-refractivity contribution in [3.63, 3.8) is 0 Å². The maximum Gasteiger partial charge on any atom is 0.307 e. The average molecular weight is 318 g/mol. The lowest BCUT2D eigenvalue weighted by molar-refractivity contribution is -0.152. The average Bonchev–Trinajstić information content (AvgIpc) is 3.28. The van der Waals surface area contributed by atoms with Crippen LogP contribution in [-0.2, 0) is 9.59 Å². The maximum atomic E-state index is 12.7. The van der Waals surface area contributed by atoms with Gasteiger partial charge in [-0.1, -0.05) is 29.8 Å². The zero-order chi connectivity index (χ0) is 15.4. The van der Waals surface area contributed by atoms with Crippen LogP contribution >= 0.6 is 11.6 Å². The molecule has 0 aromatic heterocycles. The molecule has 1 aromatic rings. The largest absolute Gasteiger partial charge is 0.481 e. The highest BCUT2D eigenvalue weighted by Crippen LogP contribution is 2.63. The van der Waals surface area contributed by atoms with Gasteiger partial charge in [0.05, 0.1) is 11.8 Å². The fraction of sp³-hybridized carbons (Fsp3) is 0.412. The Balaban J connectivity index is 1.61. The summed E-state index contributed by atoms with van der Waals surface area (Å²) in [6.07, 6.45) is 5.12. The first-order chi connectivity index (χ1) is 10.6. The molecule has 2 bridgehead atoms. The molecule has 5 heteroatoms. The summed E-state index contributed by atoms with van der Waals surface area (Å²) >= 11 is 5.93. The highest BCUT2D eigenvalue weighted by molar-refractivity contribution is 6.30. The van der Waals surface area contributed by atoms with Crippen LogP contribution in [0, 0.1) is 35.5 Å². The highest BCUT2D eigenvalue weighted by atomic mass is 35.5. The SMILES string of the molecule is O=C(Nc1cccc(Cl)c1)[C@@H]1[C@H]2C=C[C@H]([C@H]3C[C@H]23)[C@@H]1C(=O)O. The number of nitrogens with one attached hydrogen (secondary N) is 1. The summed E-state index contributed by atoms with van der Waals surface area (Å²) in [5.74, 6) is -1.17. The van der Waals surface area contributed by atoms with E-state index in [1.807, 2.05) is 6.08 Å². The summed E-state index contributed by atoms with van der Waals surface area (Å²) in [6.45, 7) is 0. The summed E-state index contributed by atoms with van der Waals surface area (Å²) in [7, 11) is 0. The van der Waals surface area contributed by atoms with E-state index >= 15 is 0 Å². The van der Waals surface area contributed by atoms with Crippen molar-refractivity contribution >= 4 is 29.2 Å². The van der Waals surface area contributed by atoms with Gasteiger partial charge in [0.15, 0.2) is 0 Å². The maximum absolute atomic E-state index is 12.7. The number of carbonyl (C=O) groups excluding carboxylic acids is 1. The molecule has 22 heavy (non-hydrogen) atoms. The molecule has 0 spiro atoms. The molecule has 4 aliphatic rings. The summed E-state index contributed by atoms with van der Waals surface area (Å²) in [5, 5.41) is 13.0. The predicted molar refractivity (Wildman–Crippen MR) is 82.4 cm³/mol. The Bertz CT molecular complexity index is 686. The van der Waals surface area contributed by atoms with Gasteiger partial charge < -0.3 is 10.4 Å². The molecule has 4 nitrogen and oxygen atoms in total. The molecule has 0 saturated heterocycles. The number of aliphatic carboxylic acids is 1. The molecule has 0 heterocycles. The third kappa shape index (κ3) is 2.05. The van der Waals surface area contributed by atoms with Gasteiger partial charge in [0.2, 0.25) is 5.91 Å². The van der Waals surface area contributed by atoms with Crippen LogP contribution in [0.25, 0.3) is 0 Å². The normalized spacial score (nSPS) is 37.5. The molecular weight excluding hydrogens is 302 g/mol. The molecule has 0 unspecified atom stereocenters. The van der Waals surface area contributed by atoms with Crippen LogP contribution < -0.4 is 5.32 Å². The van der Waals surface area contributed by atoms with E-state index in [9.17, 15) is 14.7 Å². The fourth-order valence-corrected chi connectivity index (χ4v) is 4.55. The molecule has 2 saturated carbocycles. The number of rotatable bonds is 3. The quantitative estimate of drug-likeness (QED) is 0.842. The lowest BCUT2D eigenvalue weighted by Crippen LogP contribution is -2.48. The topological polar surface area (TPSA) is 66.4 Å². The van der Waals surface area contributed by atoms with Crippen molar-refractivity contribution in [2.24, 2.45) is 35.5 Å². The van der Waals surface area contributed by atoms with Gasteiger partial charge in [-0.05, 0) is 48.3 Å². The van der Waals surface area contributed by atoms with E-state index in [4.69, 9.17) is 11.6 Å². The lowest BCUT2D eigenvalue weighted by atomic mass is 9.62. The fourth-order valence-electron chi connectivity index (χ4n) is 4.36. The van der Waals surface area contributed by atoms with Gasteiger partial charge in [-0.2, -0.15) is 0 Å². The van der Waals surface area contributed by atoms with E-state index < -0.39 is 17.8 Å². The van der Waals surface area contributed by atoms with Crippen molar-refractivity contribution in [2.75, 3.05) is 5.32 Å². The molecule has 2 N–H and O–H groups in total.